The Morgan fingerprint density at radius 3 is 2.60 bits per heavy atom. The SMILES string of the molecule is Cc1cc(C(=O)N2CCC(c3nccn3CC3CCC3)CC2)c(C)o1. The molecule has 1 aliphatic carbocycles. The number of nitrogens with zero attached hydrogens (tertiary/aromatic N) is 3. The molecule has 2 aromatic heterocycles. The van der Waals surface area contributed by atoms with Gasteiger partial charge in [0.2, 0.25) is 0 Å². The van der Waals surface area contributed by atoms with Gasteiger partial charge in [-0.1, -0.05) is 6.42 Å². The van der Waals surface area contributed by atoms with E-state index >= 15 is 0 Å². The van der Waals surface area contributed by atoms with E-state index in [0.717, 1.165) is 49.9 Å². The molecule has 3 heterocycles. The van der Waals surface area contributed by atoms with E-state index in [0.29, 0.717) is 11.5 Å². The van der Waals surface area contributed by atoms with Crippen molar-refractivity contribution < 1.29 is 9.21 Å². The number of aromatic nitrogens is 2. The van der Waals surface area contributed by atoms with Gasteiger partial charge in [0.15, 0.2) is 0 Å². The third kappa shape index (κ3) is 3.24. The average molecular weight is 341 g/mol. The van der Waals surface area contributed by atoms with E-state index in [9.17, 15) is 4.79 Å². The van der Waals surface area contributed by atoms with Crippen LogP contribution >= 0.6 is 0 Å². The summed E-state index contributed by atoms with van der Waals surface area (Å²) in [5.74, 6) is 4.14. The van der Waals surface area contributed by atoms with Crippen molar-refractivity contribution in [2.75, 3.05) is 13.1 Å². The van der Waals surface area contributed by atoms with E-state index in [1.54, 1.807) is 0 Å². The zero-order valence-electron chi connectivity index (χ0n) is 15.2. The van der Waals surface area contributed by atoms with Gasteiger partial charge in [-0.25, -0.2) is 4.98 Å². The topological polar surface area (TPSA) is 51.3 Å². The molecule has 1 amide bonds. The summed E-state index contributed by atoms with van der Waals surface area (Å²) >= 11 is 0. The van der Waals surface area contributed by atoms with Gasteiger partial charge < -0.3 is 13.9 Å². The lowest BCUT2D eigenvalue weighted by Gasteiger charge is -2.33. The number of hydrogen-bond donors (Lipinski definition) is 0. The highest BCUT2D eigenvalue weighted by Gasteiger charge is 2.29. The Morgan fingerprint density at radius 2 is 2.00 bits per heavy atom. The molecule has 1 saturated heterocycles. The summed E-state index contributed by atoms with van der Waals surface area (Å²) in [4.78, 5) is 19.3. The fourth-order valence-corrected chi connectivity index (χ4v) is 4.14. The minimum absolute atomic E-state index is 0.102. The van der Waals surface area contributed by atoms with Crippen LogP contribution in [0.1, 0.15) is 65.7 Å². The highest BCUT2D eigenvalue weighted by Crippen LogP contribution is 2.32. The molecular weight excluding hydrogens is 314 g/mol. The van der Waals surface area contributed by atoms with Crippen LogP contribution in [-0.4, -0.2) is 33.4 Å². The predicted molar refractivity (Wildman–Crippen MR) is 95.6 cm³/mol. The Bertz CT molecular complexity index is 749. The molecule has 0 N–H and O–H groups in total. The first kappa shape index (κ1) is 16.4. The van der Waals surface area contributed by atoms with Gasteiger partial charge in [-0.05, 0) is 51.5 Å². The van der Waals surface area contributed by atoms with Gasteiger partial charge in [0.05, 0.1) is 5.56 Å². The van der Waals surface area contributed by atoms with Crippen molar-refractivity contribution in [3.8, 4) is 0 Å². The molecule has 25 heavy (non-hydrogen) atoms. The van der Waals surface area contributed by atoms with E-state index < -0.39 is 0 Å². The Kier molecular flexibility index (Phi) is 4.40. The van der Waals surface area contributed by atoms with Gasteiger partial charge >= 0.3 is 0 Å². The van der Waals surface area contributed by atoms with E-state index in [2.05, 4.69) is 15.7 Å². The molecule has 0 bridgehead atoms. The number of aryl methyl sites for hydroxylation is 2. The lowest BCUT2D eigenvalue weighted by atomic mass is 9.85. The monoisotopic (exact) mass is 341 g/mol. The van der Waals surface area contributed by atoms with Gasteiger partial charge in [-0.3, -0.25) is 4.79 Å². The maximum atomic E-state index is 12.7. The van der Waals surface area contributed by atoms with Crippen LogP contribution in [0.4, 0.5) is 0 Å². The zero-order valence-corrected chi connectivity index (χ0v) is 15.2. The summed E-state index contributed by atoms with van der Waals surface area (Å²) in [6.07, 6.45) is 10.1. The summed E-state index contributed by atoms with van der Waals surface area (Å²) < 4.78 is 7.87. The Labute approximate surface area is 149 Å². The third-order valence-corrected chi connectivity index (χ3v) is 5.85. The molecule has 0 radical (unpaired) electrons. The number of carbonyl (C=O) groups is 1. The van der Waals surface area contributed by atoms with Gasteiger partial charge in [0.25, 0.3) is 5.91 Å². The largest absolute Gasteiger partial charge is 0.466 e. The molecule has 134 valence electrons. The fraction of sp³-hybridized carbons (Fsp3) is 0.600. The van der Waals surface area contributed by atoms with Crippen LogP contribution in [0, 0.1) is 19.8 Å². The van der Waals surface area contributed by atoms with E-state index in [-0.39, 0.29) is 5.91 Å². The highest BCUT2D eigenvalue weighted by atomic mass is 16.3. The zero-order chi connectivity index (χ0) is 17.4. The van der Waals surface area contributed by atoms with Gasteiger partial charge in [-0.15, -0.1) is 0 Å². The molecule has 1 saturated carbocycles. The third-order valence-electron chi connectivity index (χ3n) is 5.85. The number of amides is 1. The Morgan fingerprint density at radius 1 is 1.24 bits per heavy atom. The van der Waals surface area contributed by atoms with Crippen LogP contribution in [0.15, 0.2) is 22.9 Å². The number of likely N-dealkylation sites (tertiary alicyclic amines) is 1. The number of rotatable bonds is 4. The quantitative estimate of drug-likeness (QED) is 0.847. The minimum atomic E-state index is 0.102. The number of hydrogen-bond acceptors (Lipinski definition) is 3. The lowest BCUT2D eigenvalue weighted by molar-refractivity contribution is 0.0708. The van der Waals surface area contributed by atoms with Gasteiger partial charge in [0.1, 0.15) is 17.3 Å². The molecule has 5 nitrogen and oxygen atoms in total. The van der Waals surface area contributed by atoms with Crippen LogP contribution in [0.5, 0.6) is 0 Å². The van der Waals surface area contributed by atoms with Crippen molar-refractivity contribution in [3.63, 3.8) is 0 Å². The molecule has 5 heteroatoms. The predicted octanol–water partition coefficient (Wildman–Crippen LogP) is 3.91. The standard InChI is InChI=1S/C20H27N3O2/c1-14-12-18(15(2)25-14)20(24)22-9-6-17(7-10-22)19-21-8-11-23(19)13-16-4-3-5-16/h8,11-12,16-17H,3-7,9-10,13H2,1-2H3. The first-order valence-electron chi connectivity index (χ1n) is 9.49. The normalized spacial score (nSPS) is 19.2. The summed E-state index contributed by atoms with van der Waals surface area (Å²) in [6, 6.07) is 1.86. The van der Waals surface area contributed by atoms with Crippen molar-refractivity contribution in [2.45, 2.75) is 58.4 Å². The first-order valence-corrected chi connectivity index (χ1v) is 9.49. The maximum absolute atomic E-state index is 12.7. The molecule has 2 aliphatic rings. The summed E-state index contributed by atoms with van der Waals surface area (Å²) in [5, 5.41) is 0. The van der Waals surface area contributed by atoms with Crippen LogP contribution < -0.4 is 0 Å². The van der Waals surface area contributed by atoms with Crippen molar-refractivity contribution in [1.29, 1.82) is 0 Å². The second-order valence-corrected chi connectivity index (χ2v) is 7.63. The maximum Gasteiger partial charge on any atom is 0.257 e. The van der Waals surface area contributed by atoms with Crippen LogP contribution in [0.25, 0.3) is 0 Å². The Hall–Kier alpha value is -2.04. The number of piperidine rings is 1. The molecule has 2 aromatic rings. The summed E-state index contributed by atoms with van der Waals surface area (Å²) in [6.45, 7) is 6.46. The molecule has 0 aromatic carbocycles. The van der Waals surface area contributed by atoms with E-state index in [4.69, 9.17) is 4.42 Å². The molecule has 4 rings (SSSR count). The average Bonchev–Trinajstić information content (AvgIpc) is 3.16. The number of furan rings is 1. The van der Waals surface area contributed by atoms with Crippen LogP contribution in [-0.2, 0) is 6.54 Å². The molecule has 2 fully saturated rings. The summed E-state index contributed by atoms with van der Waals surface area (Å²) in [7, 11) is 0. The highest BCUT2D eigenvalue weighted by molar-refractivity contribution is 5.95. The van der Waals surface area contributed by atoms with Gasteiger partial charge in [-0.2, -0.15) is 0 Å². The number of carbonyl (C=O) groups excluding carboxylic acids is 1. The molecular formula is C20H27N3O2. The second-order valence-electron chi connectivity index (χ2n) is 7.63. The van der Waals surface area contributed by atoms with Gasteiger partial charge in [0, 0.05) is 37.9 Å². The Balaban J connectivity index is 1.39. The summed E-state index contributed by atoms with van der Waals surface area (Å²) in [5.41, 5.74) is 0.711. The van der Waals surface area contributed by atoms with Crippen LogP contribution in [0.2, 0.25) is 0 Å². The fourth-order valence-electron chi connectivity index (χ4n) is 4.14. The molecule has 0 atom stereocenters. The molecule has 1 aliphatic heterocycles. The van der Waals surface area contributed by atoms with E-state index in [1.165, 1.54) is 25.1 Å². The second kappa shape index (κ2) is 6.70. The molecule has 0 spiro atoms. The van der Waals surface area contributed by atoms with Crippen molar-refractivity contribution in [2.24, 2.45) is 5.92 Å². The lowest BCUT2D eigenvalue weighted by Crippen LogP contribution is -2.38. The van der Waals surface area contributed by atoms with Crippen molar-refractivity contribution in [3.05, 3.63) is 41.4 Å². The van der Waals surface area contributed by atoms with Crippen molar-refractivity contribution in [1.82, 2.24) is 14.5 Å². The van der Waals surface area contributed by atoms with Crippen LogP contribution in [0.3, 0.4) is 0 Å². The molecule has 0 unspecified atom stereocenters. The number of imidazole rings is 1. The van der Waals surface area contributed by atoms with E-state index in [1.807, 2.05) is 31.0 Å². The van der Waals surface area contributed by atoms with Crippen molar-refractivity contribution >= 4 is 5.91 Å². The smallest absolute Gasteiger partial charge is 0.257 e. The minimum Gasteiger partial charge on any atom is -0.466 e. The first-order chi connectivity index (χ1) is 12.1.